The van der Waals surface area contributed by atoms with Gasteiger partial charge in [0.2, 0.25) is 3.24 Å². The van der Waals surface area contributed by atoms with E-state index in [-0.39, 0.29) is 0 Å². The number of rotatable bonds is 2. The summed E-state index contributed by atoms with van der Waals surface area (Å²) >= 11 is 13.4. The van der Waals surface area contributed by atoms with Gasteiger partial charge in [-0.1, -0.05) is 23.2 Å². The lowest BCUT2D eigenvalue weighted by molar-refractivity contribution is -0.516. The second kappa shape index (κ2) is 3.03. The lowest BCUT2D eigenvalue weighted by atomic mass is 10.4. The molecule has 54 valence electrons. The van der Waals surface area contributed by atoms with Gasteiger partial charge in [0.15, 0.2) is 0 Å². The number of hydrogen-bond donors (Lipinski definition) is 0. The van der Waals surface area contributed by atoms with Crippen LogP contribution in [-0.2, 0) is 0 Å². The second-order valence-corrected chi connectivity index (χ2v) is 5.05. The van der Waals surface area contributed by atoms with Crippen molar-refractivity contribution in [1.82, 2.24) is 0 Å². The molecule has 3 nitrogen and oxygen atoms in total. The van der Waals surface area contributed by atoms with E-state index in [4.69, 9.17) is 23.2 Å². The molecular formula is C3H4BrCl2NO2. The van der Waals surface area contributed by atoms with Crippen molar-refractivity contribution >= 4 is 39.1 Å². The van der Waals surface area contributed by atoms with E-state index in [0.717, 1.165) is 0 Å². The molecule has 1 unspecified atom stereocenters. The summed E-state index contributed by atoms with van der Waals surface area (Å²) in [5.41, 5.74) is 0. The highest BCUT2D eigenvalue weighted by Crippen LogP contribution is 2.33. The number of hydrogen-bond acceptors (Lipinski definition) is 2. The van der Waals surface area contributed by atoms with Crippen molar-refractivity contribution in [2.24, 2.45) is 0 Å². The Kier molecular flexibility index (Phi) is 3.19. The SMILES string of the molecule is CC([N+](=O)[O-])C(Cl)(Cl)Br. The van der Waals surface area contributed by atoms with E-state index < -0.39 is 14.2 Å². The molecular weight excluding hydrogens is 233 g/mol. The Bertz CT molecular complexity index is 123. The molecule has 0 aliphatic heterocycles. The van der Waals surface area contributed by atoms with Gasteiger partial charge in [-0.25, -0.2) is 0 Å². The fourth-order valence-corrected chi connectivity index (χ4v) is 0.446. The van der Waals surface area contributed by atoms with E-state index in [1.807, 2.05) is 0 Å². The van der Waals surface area contributed by atoms with Gasteiger partial charge in [-0.15, -0.1) is 0 Å². The smallest absolute Gasteiger partial charge is 0.252 e. The maximum Gasteiger partial charge on any atom is 0.252 e. The molecule has 0 aliphatic rings. The fourth-order valence-electron chi connectivity index (χ4n) is 0.120. The summed E-state index contributed by atoms with van der Waals surface area (Å²) in [5.74, 6) is 0. The van der Waals surface area contributed by atoms with Crippen LogP contribution in [0.25, 0.3) is 0 Å². The number of alkyl halides is 3. The molecule has 0 N–H and O–H groups in total. The highest BCUT2D eigenvalue weighted by Gasteiger charge is 2.37. The van der Waals surface area contributed by atoms with Gasteiger partial charge in [-0.3, -0.25) is 10.1 Å². The molecule has 9 heavy (non-hydrogen) atoms. The minimum atomic E-state index is -1.46. The van der Waals surface area contributed by atoms with E-state index >= 15 is 0 Å². The van der Waals surface area contributed by atoms with Crippen molar-refractivity contribution in [1.29, 1.82) is 0 Å². The quantitative estimate of drug-likeness (QED) is 0.419. The molecule has 0 saturated heterocycles. The summed E-state index contributed by atoms with van der Waals surface area (Å²) in [6.45, 7) is 1.31. The normalized spacial score (nSPS) is 15.1. The molecule has 6 heteroatoms. The molecule has 0 spiro atoms. The zero-order chi connectivity index (χ0) is 7.65. The van der Waals surface area contributed by atoms with Crippen molar-refractivity contribution in [3.63, 3.8) is 0 Å². The van der Waals surface area contributed by atoms with Crippen LogP contribution in [0, 0.1) is 10.1 Å². The average molecular weight is 237 g/mol. The van der Waals surface area contributed by atoms with E-state index in [0.29, 0.717) is 0 Å². The van der Waals surface area contributed by atoms with Gasteiger partial charge < -0.3 is 0 Å². The third kappa shape index (κ3) is 3.23. The Hall–Kier alpha value is 0.460. The van der Waals surface area contributed by atoms with E-state index in [2.05, 4.69) is 15.9 Å². The molecule has 0 amide bonds. The van der Waals surface area contributed by atoms with E-state index in [1.54, 1.807) is 0 Å². The lowest BCUT2D eigenvalue weighted by Gasteiger charge is -2.11. The largest absolute Gasteiger partial charge is 0.264 e. The monoisotopic (exact) mass is 235 g/mol. The Morgan fingerprint density at radius 3 is 2.11 bits per heavy atom. The summed E-state index contributed by atoms with van der Waals surface area (Å²) in [4.78, 5) is 9.39. The Balaban J connectivity index is 4.04. The number of nitrogens with zero attached hydrogens (tertiary/aromatic N) is 1. The van der Waals surface area contributed by atoms with Gasteiger partial charge >= 0.3 is 0 Å². The Morgan fingerprint density at radius 2 is 2.11 bits per heavy atom. The first kappa shape index (κ1) is 9.46. The zero-order valence-electron chi connectivity index (χ0n) is 4.47. The van der Waals surface area contributed by atoms with Crippen LogP contribution >= 0.6 is 39.1 Å². The van der Waals surface area contributed by atoms with E-state index in [1.165, 1.54) is 6.92 Å². The highest BCUT2D eigenvalue weighted by molar-refractivity contribution is 9.11. The van der Waals surface area contributed by atoms with Crippen LogP contribution in [0.5, 0.6) is 0 Å². The summed E-state index contributed by atoms with van der Waals surface area (Å²) in [5, 5.41) is 9.95. The van der Waals surface area contributed by atoms with Crippen LogP contribution < -0.4 is 0 Å². The molecule has 0 heterocycles. The Morgan fingerprint density at radius 1 is 1.78 bits per heavy atom. The van der Waals surface area contributed by atoms with Crippen molar-refractivity contribution in [3.05, 3.63) is 10.1 Å². The second-order valence-electron chi connectivity index (χ2n) is 1.50. The van der Waals surface area contributed by atoms with Gasteiger partial charge in [-0.2, -0.15) is 0 Å². The van der Waals surface area contributed by atoms with Gasteiger partial charge in [0.1, 0.15) is 0 Å². The molecule has 1 atom stereocenters. The maximum absolute atomic E-state index is 9.95. The molecule has 0 bridgehead atoms. The van der Waals surface area contributed by atoms with Crippen LogP contribution in [0.3, 0.4) is 0 Å². The molecule has 0 radical (unpaired) electrons. The third-order valence-corrected chi connectivity index (χ3v) is 2.08. The van der Waals surface area contributed by atoms with E-state index in [9.17, 15) is 10.1 Å². The number of halogens is 3. The number of nitro groups is 1. The first-order valence-electron chi connectivity index (χ1n) is 2.06. The zero-order valence-corrected chi connectivity index (χ0v) is 7.57. The van der Waals surface area contributed by atoms with Gasteiger partial charge in [0.05, 0.1) is 0 Å². The van der Waals surface area contributed by atoms with Gasteiger partial charge in [0, 0.05) is 11.8 Å². The van der Waals surface area contributed by atoms with Crippen LogP contribution in [0.2, 0.25) is 0 Å². The molecule has 0 aromatic heterocycles. The molecule has 0 aromatic rings. The minimum Gasteiger partial charge on any atom is -0.264 e. The Labute approximate surface area is 70.6 Å². The minimum absolute atomic E-state index is 0.561. The highest BCUT2D eigenvalue weighted by atomic mass is 79.9. The molecule has 0 fully saturated rings. The van der Waals surface area contributed by atoms with Crippen molar-refractivity contribution in [2.45, 2.75) is 16.2 Å². The van der Waals surface area contributed by atoms with Crippen LogP contribution in [0.1, 0.15) is 6.92 Å². The molecule has 0 aliphatic carbocycles. The van der Waals surface area contributed by atoms with Gasteiger partial charge in [0.25, 0.3) is 6.04 Å². The van der Waals surface area contributed by atoms with Crippen molar-refractivity contribution in [2.75, 3.05) is 0 Å². The molecule has 0 saturated carbocycles. The summed E-state index contributed by atoms with van der Waals surface area (Å²) < 4.78 is -1.46. The third-order valence-electron chi connectivity index (χ3n) is 0.790. The molecule has 0 rings (SSSR count). The molecule has 0 aromatic carbocycles. The summed E-state index contributed by atoms with van der Waals surface area (Å²) in [6, 6.07) is -1.01. The predicted octanol–water partition coefficient (Wildman–Crippen LogP) is 2.18. The maximum atomic E-state index is 9.95. The first-order valence-corrected chi connectivity index (χ1v) is 3.61. The van der Waals surface area contributed by atoms with Crippen LogP contribution in [-0.4, -0.2) is 14.2 Å². The van der Waals surface area contributed by atoms with Crippen LogP contribution in [0.15, 0.2) is 0 Å². The average Bonchev–Trinajstić information content (AvgIpc) is 1.62. The standard InChI is InChI=1S/C3H4BrCl2NO2/c1-2(7(8)9)3(4,5)6/h2H,1H3. The fraction of sp³-hybridized carbons (Fsp3) is 1.00. The lowest BCUT2D eigenvalue weighted by Crippen LogP contribution is -2.29. The first-order chi connectivity index (χ1) is 3.85. The van der Waals surface area contributed by atoms with Crippen molar-refractivity contribution < 1.29 is 4.92 Å². The summed E-state index contributed by atoms with van der Waals surface area (Å²) in [7, 11) is 0. The van der Waals surface area contributed by atoms with Gasteiger partial charge in [-0.05, 0) is 15.9 Å². The van der Waals surface area contributed by atoms with Crippen LogP contribution in [0.4, 0.5) is 0 Å². The topological polar surface area (TPSA) is 43.1 Å². The summed E-state index contributed by atoms with van der Waals surface area (Å²) in [6.07, 6.45) is 0. The van der Waals surface area contributed by atoms with Crippen molar-refractivity contribution in [3.8, 4) is 0 Å². The predicted molar refractivity (Wildman–Crippen MR) is 39.8 cm³/mol.